The van der Waals surface area contributed by atoms with Crippen LogP contribution in [0.25, 0.3) is 22.2 Å². The van der Waals surface area contributed by atoms with Gasteiger partial charge in [0, 0.05) is 17.0 Å². The first kappa shape index (κ1) is 23.4. The maximum absolute atomic E-state index is 13.0. The highest BCUT2D eigenvalue weighted by Gasteiger charge is 2.18. The van der Waals surface area contributed by atoms with Gasteiger partial charge in [-0.1, -0.05) is 24.3 Å². The molecular weight excluding hydrogens is 450 g/mol. The van der Waals surface area contributed by atoms with Gasteiger partial charge in [0.2, 0.25) is 0 Å². The summed E-state index contributed by atoms with van der Waals surface area (Å²) >= 11 is 0. The van der Waals surface area contributed by atoms with Crippen LogP contribution in [-0.2, 0) is 9.53 Å². The zero-order valence-corrected chi connectivity index (χ0v) is 19.0. The third-order valence-electron chi connectivity index (χ3n) is 5.43. The van der Waals surface area contributed by atoms with Crippen molar-refractivity contribution in [3.8, 4) is 17.0 Å². The molecule has 35 heavy (non-hydrogen) atoms. The number of carbonyl (C=O) groups is 2. The van der Waals surface area contributed by atoms with Crippen LogP contribution < -0.4 is 10.1 Å². The van der Waals surface area contributed by atoms with E-state index in [9.17, 15) is 19.7 Å². The molecule has 0 fully saturated rings. The fourth-order valence-corrected chi connectivity index (χ4v) is 3.61. The minimum Gasteiger partial charge on any atom is -0.497 e. The van der Waals surface area contributed by atoms with Gasteiger partial charge in [-0.05, 0) is 49.4 Å². The van der Waals surface area contributed by atoms with E-state index in [4.69, 9.17) is 9.47 Å². The van der Waals surface area contributed by atoms with Crippen LogP contribution in [0.5, 0.6) is 5.75 Å². The molecular formula is C26H21N3O6. The van der Waals surface area contributed by atoms with Crippen LogP contribution in [-0.4, -0.2) is 35.5 Å². The predicted octanol–water partition coefficient (Wildman–Crippen LogP) is 4.92. The number of esters is 1. The minimum atomic E-state index is -0.690. The molecule has 4 rings (SSSR count). The number of methoxy groups -OCH3 is 1. The van der Waals surface area contributed by atoms with Gasteiger partial charge in [0.1, 0.15) is 5.75 Å². The molecule has 0 aliphatic carbocycles. The molecule has 0 aliphatic rings. The fourth-order valence-electron chi connectivity index (χ4n) is 3.61. The van der Waals surface area contributed by atoms with Crippen molar-refractivity contribution in [3.05, 3.63) is 94.0 Å². The number of nitro groups is 1. The number of pyridine rings is 1. The lowest BCUT2D eigenvalue weighted by Crippen LogP contribution is -2.21. The number of benzene rings is 3. The molecule has 1 heterocycles. The van der Waals surface area contributed by atoms with Gasteiger partial charge in [-0.15, -0.1) is 0 Å². The Morgan fingerprint density at radius 1 is 1.03 bits per heavy atom. The largest absolute Gasteiger partial charge is 0.497 e. The van der Waals surface area contributed by atoms with Crippen molar-refractivity contribution >= 4 is 34.2 Å². The second-order valence-corrected chi connectivity index (χ2v) is 7.63. The molecule has 0 unspecified atom stereocenters. The standard InChI is InChI=1S/C26H21N3O6/c1-16-21(8-5-9-24(16)29(32)33)28-25(30)15-35-26(31)20-14-23(17-10-12-18(34-2)13-11-17)27-22-7-4-3-6-19(20)22/h3-14H,15H2,1-2H3,(H,28,30). The molecule has 1 amide bonds. The third-order valence-corrected chi connectivity index (χ3v) is 5.43. The van der Waals surface area contributed by atoms with E-state index >= 15 is 0 Å². The Balaban J connectivity index is 1.55. The van der Waals surface area contributed by atoms with Crippen LogP contribution in [0.15, 0.2) is 72.8 Å². The number of rotatable bonds is 7. The molecule has 0 radical (unpaired) electrons. The number of ether oxygens (including phenoxy) is 2. The fraction of sp³-hybridized carbons (Fsp3) is 0.115. The summed E-state index contributed by atoms with van der Waals surface area (Å²) in [5, 5.41) is 14.3. The number of anilines is 1. The molecule has 1 N–H and O–H groups in total. The first-order chi connectivity index (χ1) is 16.9. The quantitative estimate of drug-likeness (QED) is 0.231. The van der Waals surface area contributed by atoms with Crippen molar-refractivity contribution in [1.29, 1.82) is 0 Å². The zero-order chi connectivity index (χ0) is 24.9. The van der Waals surface area contributed by atoms with E-state index < -0.39 is 23.4 Å². The smallest absolute Gasteiger partial charge is 0.339 e. The molecule has 176 valence electrons. The molecule has 0 bridgehead atoms. The van der Waals surface area contributed by atoms with E-state index in [1.54, 1.807) is 49.6 Å². The van der Waals surface area contributed by atoms with Crippen molar-refractivity contribution in [1.82, 2.24) is 4.98 Å². The van der Waals surface area contributed by atoms with Gasteiger partial charge in [0.25, 0.3) is 11.6 Å². The molecule has 0 saturated carbocycles. The summed E-state index contributed by atoms with van der Waals surface area (Å²) in [5.74, 6) is -0.612. The van der Waals surface area contributed by atoms with E-state index in [1.807, 2.05) is 18.2 Å². The number of fused-ring (bicyclic) bond motifs is 1. The van der Waals surface area contributed by atoms with Gasteiger partial charge in [-0.3, -0.25) is 14.9 Å². The molecule has 0 atom stereocenters. The van der Waals surface area contributed by atoms with Crippen molar-refractivity contribution in [2.45, 2.75) is 6.92 Å². The molecule has 9 heteroatoms. The number of nitrogens with zero attached hydrogens (tertiary/aromatic N) is 2. The SMILES string of the molecule is COc1ccc(-c2cc(C(=O)OCC(=O)Nc3cccc([N+](=O)[O-])c3C)c3ccccc3n2)cc1. The molecule has 0 saturated heterocycles. The Morgan fingerprint density at radius 3 is 2.49 bits per heavy atom. The lowest BCUT2D eigenvalue weighted by atomic mass is 10.0. The van der Waals surface area contributed by atoms with E-state index in [2.05, 4.69) is 10.3 Å². The highest BCUT2D eigenvalue weighted by molar-refractivity contribution is 6.05. The van der Waals surface area contributed by atoms with Crippen LogP contribution in [0.2, 0.25) is 0 Å². The second-order valence-electron chi connectivity index (χ2n) is 7.63. The van der Waals surface area contributed by atoms with Gasteiger partial charge in [-0.2, -0.15) is 0 Å². The number of para-hydroxylation sites is 1. The summed E-state index contributed by atoms with van der Waals surface area (Å²) < 4.78 is 10.5. The molecule has 3 aromatic carbocycles. The summed E-state index contributed by atoms with van der Waals surface area (Å²) in [6.45, 7) is 0.971. The lowest BCUT2D eigenvalue weighted by molar-refractivity contribution is -0.385. The lowest BCUT2D eigenvalue weighted by Gasteiger charge is -2.11. The van der Waals surface area contributed by atoms with E-state index in [0.29, 0.717) is 27.9 Å². The number of aromatic nitrogens is 1. The van der Waals surface area contributed by atoms with Crippen LogP contribution in [0.4, 0.5) is 11.4 Å². The molecule has 0 aliphatic heterocycles. The molecule has 0 spiro atoms. The van der Waals surface area contributed by atoms with Crippen LogP contribution >= 0.6 is 0 Å². The van der Waals surface area contributed by atoms with Gasteiger partial charge in [-0.25, -0.2) is 9.78 Å². The van der Waals surface area contributed by atoms with E-state index in [1.165, 1.54) is 19.1 Å². The minimum absolute atomic E-state index is 0.117. The number of amides is 1. The van der Waals surface area contributed by atoms with E-state index in [-0.39, 0.29) is 16.9 Å². The number of hydrogen-bond donors (Lipinski definition) is 1. The number of carbonyl (C=O) groups excluding carboxylic acids is 2. The summed E-state index contributed by atoms with van der Waals surface area (Å²) in [4.78, 5) is 40.6. The van der Waals surface area contributed by atoms with Crippen LogP contribution in [0, 0.1) is 17.0 Å². The number of hydrogen-bond acceptors (Lipinski definition) is 7. The van der Waals surface area contributed by atoms with Crippen molar-refractivity contribution < 1.29 is 24.0 Å². The normalized spacial score (nSPS) is 10.6. The predicted molar refractivity (Wildman–Crippen MR) is 130 cm³/mol. The van der Waals surface area contributed by atoms with Gasteiger partial charge >= 0.3 is 5.97 Å². The first-order valence-electron chi connectivity index (χ1n) is 10.6. The second kappa shape index (κ2) is 10.0. The Bertz CT molecular complexity index is 1430. The van der Waals surface area contributed by atoms with Gasteiger partial charge < -0.3 is 14.8 Å². The van der Waals surface area contributed by atoms with Crippen molar-refractivity contribution in [2.24, 2.45) is 0 Å². The van der Waals surface area contributed by atoms with Gasteiger partial charge in [0.15, 0.2) is 6.61 Å². The van der Waals surface area contributed by atoms with Crippen molar-refractivity contribution in [3.63, 3.8) is 0 Å². The average Bonchev–Trinajstić information content (AvgIpc) is 2.87. The monoisotopic (exact) mass is 471 g/mol. The van der Waals surface area contributed by atoms with Gasteiger partial charge in [0.05, 0.1) is 40.1 Å². The third kappa shape index (κ3) is 5.09. The number of nitrogens with one attached hydrogen (secondary N) is 1. The Labute approximate surface area is 200 Å². The summed E-state index contributed by atoms with van der Waals surface area (Å²) in [6, 6.07) is 20.4. The Morgan fingerprint density at radius 2 is 1.77 bits per heavy atom. The molecule has 4 aromatic rings. The zero-order valence-electron chi connectivity index (χ0n) is 19.0. The maximum Gasteiger partial charge on any atom is 0.339 e. The topological polar surface area (TPSA) is 121 Å². The van der Waals surface area contributed by atoms with Crippen LogP contribution in [0.1, 0.15) is 15.9 Å². The Hall–Kier alpha value is -4.79. The average molecular weight is 471 g/mol. The van der Waals surface area contributed by atoms with Crippen molar-refractivity contribution in [2.75, 3.05) is 19.0 Å². The Kier molecular flexibility index (Phi) is 6.68. The summed E-state index contributed by atoms with van der Waals surface area (Å²) in [7, 11) is 1.58. The summed E-state index contributed by atoms with van der Waals surface area (Å²) in [6.07, 6.45) is 0. The number of nitro benzene ring substituents is 1. The highest BCUT2D eigenvalue weighted by Crippen LogP contribution is 2.27. The maximum atomic E-state index is 13.0. The summed E-state index contributed by atoms with van der Waals surface area (Å²) in [5.41, 5.74) is 2.68. The van der Waals surface area contributed by atoms with Crippen LogP contribution in [0.3, 0.4) is 0 Å². The molecule has 9 nitrogen and oxygen atoms in total. The molecule has 1 aromatic heterocycles. The van der Waals surface area contributed by atoms with E-state index in [0.717, 1.165) is 5.56 Å². The highest BCUT2D eigenvalue weighted by atomic mass is 16.6. The first-order valence-corrected chi connectivity index (χ1v) is 10.6.